The highest BCUT2D eigenvalue weighted by atomic mass is 35.5. The van der Waals surface area contributed by atoms with Gasteiger partial charge in [-0.3, -0.25) is 4.79 Å². The molecule has 0 atom stereocenters. The lowest BCUT2D eigenvalue weighted by molar-refractivity contribution is 0.112. The summed E-state index contributed by atoms with van der Waals surface area (Å²) in [4.78, 5) is 53.5. The predicted molar refractivity (Wildman–Crippen MR) is 286 cm³/mol. The molecule has 2 aliphatic carbocycles. The summed E-state index contributed by atoms with van der Waals surface area (Å²) in [6.45, 7) is 9.81. The van der Waals surface area contributed by atoms with Gasteiger partial charge in [0.2, 0.25) is 11.4 Å². The summed E-state index contributed by atoms with van der Waals surface area (Å²) in [6, 6.07) is 20.3. The molecule has 2 saturated carbocycles. The molecule has 17 heteroatoms. The van der Waals surface area contributed by atoms with Gasteiger partial charge in [0.25, 0.3) is 0 Å². The van der Waals surface area contributed by atoms with E-state index in [9.17, 15) is 4.79 Å². The van der Waals surface area contributed by atoms with Crippen LogP contribution in [-0.4, -0.2) is 117 Å². The largest absolute Gasteiger partial charge is 0.432 e. The SMILES string of the molecule is CCCC1CC1.CN(Cc1cnc2oc3c(N4CCOCC4)nc(-c4cccc5[nH]ccc45)nc3c2c1)CC1CC1.Cl.O=Cc1cnc2oc3c(N4CCOCC4)nc(-c4cccc5[nH]ccc45)nc3c2c1.[3HH]. The Bertz CT molecular complexity index is 3540. The number of pyridine rings is 2. The number of nitrogens with one attached hydrogen (secondary N) is 2. The third kappa shape index (κ3) is 9.71. The lowest BCUT2D eigenvalue weighted by atomic mass is 10.1. The molecule has 14 rings (SSSR count). The fourth-order valence-corrected chi connectivity index (χ4v) is 9.95. The highest BCUT2D eigenvalue weighted by Crippen LogP contribution is 2.39. The number of carbonyl (C=O) groups excluding carboxylic acids is 1. The van der Waals surface area contributed by atoms with Crippen molar-refractivity contribution < 1.29 is 24.5 Å². The van der Waals surface area contributed by atoms with E-state index in [1.165, 1.54) is 50.3 Å². The van der Waals surface area contributed by atoms with E-state index in [0.717, 1.165) is 99.8 Å². The Balaban J connectivity index is 0.000000148. The van der Waals surface area contributed by atoms with Gasteiger partial charge in [-0.25, -0.2) is 29.9 Å². The number of aromatic amines is 2. The second kappa shape index (κ2) is 20.6. The molecule has 2 aromatic carbocycles. The third-order valence-corrected chi connectivity index (χ3v) is 13.9. The van der Waals surface area contributed by atoms with Crippen LogP contribution in [0, 0.1) is 11.8 Å². The van der Waals surface area contributed by atoms with Crippen molar-refractivity contribution in [3.8, 4) is 22.8 Å². The quantitative estimate of drug-likeness (QED) is 0.117. The molecule has 372 valence electrons. The number of rotatable bonds is 11. The van der Waals surface area contributed by atoms with Gasteiger partial charge in [0.1, 0.15) is 11.0 Å². The summed E-state index contributed by atoms with van der Waals surface area (Å²) in [7, 11) is 2.18. The van der Waals surface area contributed by atoms with Crippen molar-refractivity contribution in [1.82, 2.24) is 44.8 Å². The van der Waals surface area contributed by atoms with Crippen LogP contribution in [0.25, 0.3) is 89.0 Å². The smallest absolute Gasteiger partial charge is 0.229 e. The molecule has 0 bridgehead atoms. The number of furan rings is 2. The van der Waals surface area contributed by atoms with Crippen LogP contribution in [0.15, 0.2) is 94.3 Å². The van der Waals surface area contributed by atoms with E-state index in [-0.39, 0.29) is 13.8 Å². The molecule has 0 amide bonds. The van der Waals surface area contributed by atoms with Crippen LogP contribution >= 0.6 is 12.4 Å². The average molecular weight is 993 g/mol. The number of morpholine rings is 2. The lowest BCUT2D eigenvalue weighted by Gasteiger charge is -2.27. The highest BCUT2D eigenvalue weighted by molar-refractivity contribution is 6.08. The van der Waals surface area contributed by atoms with Gasteiger partial charge in [-0.05, 0) is 73.7 Å². The highest BCUT2D eigenvalue weighted by Gasteiger charge is 2.27. The summed E-state index contributed by atoms with van der Waals surface area (Å²) < 4.78 is 23.5. The Kier molecular flexibility index (Phi) is 13.6. The van der Waals surface area contributed by atoms with Crippen molar-refractivity contribution in [3.05, 3.63) is 96.6 Å². The molecule has 10 heterocycles. The van der Waals surface area contributed by atoms with Gasteiger partial charge in [0.15, 0.2) is 40.7 Å². The second-order valence-corrected chi connectivity index (χ2v) is 19.3. The number of aldehydes is 1. The maximum atomic E-state index is 11.3. The number of anilines is 2. The van der Waals surface area contributed by atoms with Crippen molar-refractivity contribution in [2.45, 2.75) is 52.0 Å². The van der Waals surface area contributed by atoms with E-state index < -0.39 is 0 Å². The number of H-pyrrole nitrogens is 2. The van der Waals surface area contributed by atoms with Crippen LogP contribution in [-0.2, 0) is 16.0 Å². The van der Waals surface area contributed by atoms with Crippen molar-refractivity contribution in [3.63, 3.8) is 0 Å². The molecule has 4 fully saturated rings. The Morgan fingerprint density at radius 3 is 1.71 bits per heavy atom. The first kappa shape index (κ1) is 47.4. The Hall–Kier alpha value is -6.98. The molecule has 0 unspecified atom stereocenters. The van der Waals surface area contributed by atoms with Crippen molar-refractivity contribution >= 4 is 96.5 Å². The fraction of sp³-hybridized carbons (Fsp3) is 0.364. The molecule has 72 heavy (non-hydrogen) atoms. The number of benzene rings is 2. The molecule has 2 N–H and O–H groups in total. The van der Waals surface area contributed by atoms with E-state index in [1.807, 2.05) is 48.9 Å². The average Bonchev–Trinajstić information content (AvgIpc) is 4.18. The van der Waals surface area contributed by atoms with E-state index in [4.69, 9.17) is 38.2 Å². The molecule has 0 spiro atoms. The normalized spacial score (nSPS) is 16.1. The van der Waals surface area contributed by atoms with E-state index in [0.29, 0.717) is 90.2 Å². The molecule has 4 aliphatic rings. The molecular weight excluding hydrogens is 930 g/mol. The first-order valence-electron chi connectivity index (χ1n) is 25.1. The number of nitrogens with zero attached hydrogens (tertiary/aromatic N) is 9. The Morgan fingerprint density at radius 1 is 0.681 bits per heavy atom. The molecule has 2 aliphatic heterocycles. The molecular formula is C55H60ClN11O5. The number of aromatic nitrogens is 8. The third-order valence-electron chi connectivity index (χ3n) is 13.9. The maximum absolute atomic E-state index is 11.3. The van der Waals surface area contributed by atoms with E-state index in [1.54, 1.807) is 6.07 Å². The molecule has 2 saturated heterocycles. The molecule has 10 aromatic rings. The number of hydrogen-bond acceptors (Lipinski definition) is 14. The van der Waals surface area contributed by atoms with E-state index in [2.05, 4.69) is 72.9 Å². The first-order chi connectivity index (χ1) is 35.0. The lowest BCUT2D eigenvalue weighted by Crippen LogP contribution is -2.37. The van der Waals surface area contributed by atoms with Gasteiger partial charge in [-0.15, -0.1) is 12.4 Å². The maximum Gasteiger partial charge on any atom is 0.229 e. The molecule has 8 aromatic heterocycles. The summed E-state index contributed by atoms with van der Waals surface area (Å²) in [5.41, 5.74) is 9.46. The number of ether oxygens (including phenoxy) is 2. The van der Waals surface area contributed by atoms with Gasteiger partial charge in [0.05, 0.1) is 37.2 Å². The van der Waals surface area contributed by atoms with Crippen LogP contribution in [0.4, 0.5) is 11.6 Å². The number of fused-ring (bicyclic) bond motifs is 8. The monoisotopic (exact) mass is 991 g/mol. The zero-order valence-electron chi connectivity index (χ0n) is 40.6. The van der Waals surface area contributed by atoms with Gasteiger partial charge in [-0.2, -0.15) is 0 Å². The first-order valence-corrected chi connectivity index (χ1v) is 25.1. The van der Waals surface area contributed by atoms with Crippen LogP contribution in [0.1, 0.15) is 62.8 Å². The van der Waals surface area contributed by atoms with Gasteiger partial charge in [-0.1, -0.05) is 56.9 Å². The minimum atomic E-state index is 0. The van der Waals surface area contributed by atoms with Crippen molar-refractivity contribution in [2.24, 2.45) is 11.8 Å². The summed E-state index contributed by atoms with van der Waals surface area (Å²) >= 11 is 0. The topological polar surface area (TPSA) is 180 Å². The standard InChI is InChI=1S/C27H28N6O2.C22H17N5O3.C6H12.ClH.H2/c1-32(15-17-5-6-17)16-18-13-21-23-24(35-27(21)29-14-18)26(33-9-11-34-12-10-33)31-25(30-23)20-3-2-4-22-19(20)7-8-28-22;28-12-13-10-16-18-19(30-22(16)24-11-13)21(27-6-8-29-9-7-27)26-20(25-18)15-2-1-3-17-14(15)4-5-23-17;1-2-3-6-4-5-6;;/h2-4,7-8,13-14,17,28H,5-6,9-12,15-16H2,1H3;1-5,10-12,23H,6-9H2;6H,2-5H2,1H3;2*1H/i;;;;1+2. The minimum Gasteiger partial charge on any atom is -0.432 e. The van der Waals surface area contributed by atoms with Gasteiger partial charge in [0, 0.05) is 104 Å². The van der Waals surface area contributed by atoms with Gasteiger partial charge < -0.3 is 43.0 Å². The van der Waals surface area contributed by atoms with Crippen molar-refractivity contribution in [1.29, 1.82) is 0 Å². The van der Waals surface area contributed by atoms with E-state index >= 15 is 0 Å². The zero-order valence-corrected chi connectivity index (χ0v) is 41.4. The predicted octanol–water partition coefficient (Wildman–Crippen LogP) is 11.0. The van der Waals surface area contributed by atoms with Crippen LogP contribution in [0.3, 0.4) is 0 Å². The second-order valence-electron chi connectivity index (χ2n) is 19.3. The summed E-state index contributed by atoms with van der Waals surface area (Å²) in [5.74, 6) is 4.84. The Morgan fingerprint density at radius 2 is 1.21 bits per heavy atom. The van der Waals surface area contributed by atoms with Crippen molar-refractivity contribution in [2.75, 3.05) is 76.0 Å². The zero-order chi connectivity index (χ0) is 47.8. The fourth-order valence-electron chi connectivity index (χ4n) is 9.95. The van der Waals surface area contributed by atoms with Gasteiger partial charge >= 0.3 is 0 Å². The summed E-state index contributed by atoms with van der Waals surface area (Å²) in [6.07, 6.45) is 16.7. The van der Waals surface area contributed by atoms with Crippen LogP contribution < -0.4 is 9.80 Å². The molecule has 0 radical (unpaired) electrons. The number of halogens is 1. The van der Waals surface area contributed by atoms with Crippen LogP contribution in [0.5, 0.6) is 0 Å². The minimum absolute atomic E-state index is 0. The summed E-state index contributed by atoms with van der Waals surface area (Å²) in [5, 5.41) is 3.79. The Labute approximate surface area is 423 Å². The molecule has 16 nitrogen and oxygen atoms in total. The number of carbonyl (C=O) groups is 1. The number of hydrogen-bond donors (Lipinski definition) is 2. The van der Waals surface area contributed by atoms with Crippen LogP contribution in [0.2, 0.25) is 0 Å².